The van der Waals surface area contributed by atoms with E-state index in [0.717, 1.165) is 12.1 Å². The molecule has 15 heteroatoms. The Kier molecular flexibility index (Phi) is 8.25. The molecule has 43 heavy (non-hydrogen) atoms. The number of allylic oxidation sites excluding steroid dienone is 1. The van der Waals surface area contributed by atoms with Gasteiger partial charge < -0.3 is 14.5 Å². The molecule has 1 aliphatic rings. The van der Waals surface area contributed by atoms with Crippen LogP contribution in [-0.4, -0.2) is 78.2 Å². The number of amides is 1. The van der Waals surface area contributed by atoms with Crippen LogP contribution in [0, 0.1) is 11.6 Å². The molecule has 0 radical (unpaired) electrons. The molecule has 0 unspecified atom stereocenters. The molecule has 1 fully saturated rings. The standard InChI is InChI=1S/C28H25F2N7O5S/c1-17(38)3-6-26(39)36-7-9-37(10-8-36)27-20-13-22(31-15-24(20)33-16-34-27)18-11-23(28(42-2)32-14-18)35-43(40,41)25-5-4-19(29)12-21(25)30/h3-6,11-16,35H,7-10H2,1-2H3/b6-3+. The normalized spacial score (nSPS) is 13.9. The van der Waals surface area contributed by atoms with E-state index in [0.29, 0.717) is 60.2 Å². The lowest BCUT2D eigenvalue weighted by molar-refractivity contribution is -0.126. The fourth-order valence-electron chi connectivity index (χ4n) is 4.51. The number of benzene rings is 1. The number of aromatic nitrogens is 4. The molecular weight excluding hydrogens is 584 g/mol. The number of fused-ring (bicyclic) bond motifs is 1. The second kappa shape index (κ2) is 12.1. The van der Waals surface area contributed by atoms with Crippen molar-refractivity contribution in [3.8, 4) is 17.1 Å². The van der Waals surface area contributed by atoms with Gasteiger partial charge in [-0.15, -0.1) is 0 Å². The smallest absolute Gasteiger partial charge is 0.264 e. The molecule has 0 bridgehead atoms. The Balaban J connectivity index is 1.43. The summed E-state index contributed by atoms with van der Waals surface area (Å²) in [5.74, 6) is -2.08. The number of carbonyl (C=O) groups is 2. The molecule has 4 heterocycles. The first-order valence-electron chi connectivity index (χ1n) is 12.9. The lowest BCUT2D eigenvalue weighted by Crippen LogP contribution is -2.48. The molecule has 12 nitrogen and oxygen atoms in total. The fraction of sp³-hybridized carbons (Fsp3) is 0.214. The Bertz CT molecular complexity index is 1860. The lowest BCUT2D eigenvalue weighted by Gasteiger charge is -2.35. The topological polar surface area (TPSA) is 148 Å². The van der Waals surface area contributed by atoms with Crippen LogP contribution in [-0.2, 0) is 19.6 Å². The lowest BCUT2D eigenvalue weighted by atomic mass is 10.1. The Hall–Kier alpha value is -5.05. The maximum Gasteiger partial charge on any atom is 0.264 e. The minimum atomic E-state index is -4.47. The van der Waals surface area contributed by atoms with Crippen LogP contribution < -0.4 is 14.4 Å². The predicted molar refractivity (Wildman–Crippen MR) is 153 cm³/mol. The van der Waals surface area contributed by atoms with Gasteiger partial charge in [0.1, 0.15) is 34.4 Å². The number of methoxy groups -OCH3 is 1. The van der Waals surface area contributed by atoms with E-state index in [9.17, 15) is 26.8 Å². The SMILES string of the molecule is COc1ncc(-c2cc3c(N4CCN(C(=O)/C=C/C(C)=O)CC4)ncnc3cn2)cc1NS(=O)(=O)c1ccc(F)cc1F. The molecule has 1 saturated heterocycles. The summed E-state index contributed by atoms with van der Waals surface area (Å²) in [4.78, 5) is 43.9. The number of carbonyl (C=O) groups excluding carboxylic acids is 2. The zero-order chi connectivity index (χ0) is 30.7. The monoisotopic (exact) mass is 609 g/mol. The van der Waals surface area contributed by atoms with Gasteiger partial charge in [0.25, 0.3) is 10.0 Å². The summed E-state index contributed by atoms with van der Waals surface area (Å²) >= 11 is 0. The van der Waals surface area contributed by atoms with Crippen molar-refractivity contribution >= 4 is 44.1 Å². The van der Waals surface area contributed by atoms with E-state index in [2.05, 4.69) is 24.7 Å². The van der Waals surface area contributed by atoms with Gasteiger partial charge in [0, 0.05) is 55.5 Å². The molecule has 222 valence electrons. The maximum atomic E-state index is 14.3. The molecule has 0 spiro atoms. The van der Waals surface area contributed by atoms with Crippen molar-refractivity contribution in [2.45, 2.75) is 11.8 Å². The molecule has 1 N–H and O–H groups in total. The second-order valence-corrected chi connectivity index (χ2v) is 11.2. The summed E-state index contributed by atoms with van der Waals surface area (Å²) < 4.78 is 61.0. The van der Waals surface area contributed by atoms with Crippen LogP contribution >= 0.6 is 0 Å². The van der Waals surface area contributed by atoms with Gasteiger partial charge >= 0.3 is 0 Å². The molecule has 0 aliphatic carbocycles. The third kappa shape index (κ3) is 6.40. The molecule has 1 aliphatic heterocycles. The van der Waals surface area contributed by atoms with Crippen LogP contribution in [0.5, 0.6) is 5.88 Å². The van der Waals surface area contributed by atoms with E-state index in [1.807, 2.05) is 4.90 Å². The predicted octanol–water partition coefficient (Wildman–Crippen LogP) is 2.97. The molecule has 3 aromatic heterocycles. The number of sulfonamides is 1. The summed E-state index contributed by atoms with van der Waals surface area (Å²) in [6.45, 7) is 3.19. The number of rotatable bonds is 8. The van der Waals surface area contributed by atoms with Gasteiger partial charge in [-0.05, 0) is 37.3 Å². The van der Waals surface area contributed by atoms with Crippen LogP contribution in [0.3, 0.4) is 0 Å². The van der Waals surface area contributed by atoms with Crippen LogP contribution in [0.15, 0.2) is 66.1 Å². The van der Waals surface area contributed by atoms with Crippen LogP contribution in [0.1, 0.15) is 6.92 Å². The first kappa shape index (κ1) is 29.4. The minimum absolute atomic E-state index is 0.0785. The van der Waals surface area contributed by atoms with Crippen molar-refractivity contribution in [1.82, 2.24) is 24.8 Å². The highest BCUT2D eigenvalue weighted by molar-refractivity contribution is 7.92. The zero-order valence-corrected chi connectivity index (χ0v) is 23.8. The largest absolute Gasteiger partial charge is 0.480 e. The fourth-order valence-corrected chi connectivity index (χ4v) is 5.62. The first-order valence-corrected chi connectivity index (χ1v) is 14.4. The number of hydrogen-bond donors (Lipinski definition) is 1. The highest BCUT2D eigenvalue weighted by atomic mass is 32.2. The van der Waals surface area contributed by atoms with E-state index in [4.69, 9.17) is 4.74 Å². The average Bonchev–Trinajstić information content (AvgIpc) is 2.99. The minimum Gasteiger partial charge on any atom is -0.480 e. The third-order valence-corrected chi connectivity index (χ3v) is 8.02. The zero-order valence-electron chi connectivity index (χ0n) is 23.0. The van der Waals surface area contributed by atoms with Gasteiger partial charge in [-0.3, -0.25) is 19.3 Å². The van der Waals surface area contributed by atoms with Crippen LogP contribution in [0.4, 0.5) is 20.3 Å². The van der Waals surface area contributed by atoms with Crippen molar-refractivity contribution < 1.29 is 31.5 Å². The van der Waals surface area contributed by atoms with Crippen molar-refractivity contribution in [3.05, 3.63) is 72.8 Å². The Labute approximate surface area is 245 Å². The molecule has 1 amide bonds. The van der Waals surface area contributed by atoms with Gasteiger partial charge in [0.15, 0.2) is 5.78 Å². The highest BCUT2D eigenvalue weighted by Gasteiger charge is 2.24. The van der Waals surface area contributed by atoms with Crippen molar-refractivity contribution in [1.29, 1.82) is 0 Å². The van der Waals surface area contributed by atoms with E-state index in [1.165, 1.54) is 44.8 Å². The molecule has 4 aromatic rings. The molecule has 0 atom stereocenters. The molecule has 0 saturated carbocycles. The summed E-state index contributed by atoms with van der Waals surface area (Å²) in [6.07, 6.45) is 6.91. The Morgan fingerprint density at radius 3 is 2.44 bits per heavy atom. The maximum absolute atomic E-state index is 14.3. The summed E-state index contributed by atoms with van der Waals surface area (Å²) in [5.41, 5.74) is 1.29. The number of ketones is 1. The summed E-state index contributed by atoms with van der Waals surface area (Å²) in [5, 5.41) is 0.662. The van der Waals surface area contributed by atoms with Crippen molar-refractivity contribution in [2.75, 3.05) is 42.9 Å². The van der Waals surface area contributed by atoms with E-state index in [-0.39, 0.29) is 23.3 Å². The molecular formula is C28H25F2N7O5S. The van der Waals surface area contributed by atoms with E-state index >= 15 is 0 Å². The number of piperazine rings is 1. The van der Waals surface area contributed by atoms with Crippen LogP contribution in [0.2, 0.25) is 0 Å². The number of halogens is 2. The number of nitrogens with one attached hydrogen (secondary N) is 1. The summed E-state index contributed by atoms with van der Waals surface area (Å²) in [6, 6.07) is 5.30. The number of ether oxygens (including phenoxy) is 1. The van der Waals surface area contributed by atoms with Gasteiger partial charge in [0.2, 0.25) is 11.8 Å². The van der Waals surface area contributed by atoms with E-state index < -0.39 is 26.6 Å². The van der Waals surface area contributed by atoms with Crippen molar-refractivity contribution in [2.24, 2.45) is 0 Å². The van der Waals surface area contributed by atoms with Gasteiger partial charge in [0.05, 0.1) is 24.5 Å². The molecule has 1 aromatic carbocycles. The Morgan fingerprint density at radius 2 is 1.74 bits per heavy atom. The summed E-state index contributed by atoms with van der Waals surface area (Å²) in [7, 11) is -3.18. The Morgan fingerprint density at radius 1 is 0.977 bits per heavy atom. The first-order chi connectivity index (χ1) is 20.6. The van der Waals surface area contributed by atoms with Crippen LogP contribution in [0.25, 0.3) is 22.2 Å². The van der Waals surface area contributed by atoms with Gasteiger partial charge in [-0.25, -0.2) is 32.2 Å². The number of nitrogens with zero attached hydrogens (tertiary/aromatic N) is 6. The highest BCUT2D eigenvalue weighted by Crippen LogP contribution is 2.32. The number of anilines is 2. The molecule has 5 rings (SSSR count). The number of pyridine rings is 2. The van der Waals surface area contributed by atoms with Gasteiger partial charge in [-0.2, -0.15) is 0 Å². The van der Waals surface area contributed by atoms with Crippen molar-refractivity contribution in [3.63, 3.8) is 0 Å². The number of hydrogen-bond acceptors (Lipinski definition) is 10. The second-order valence-electron chi connectivity index (χ2n) is 9.50. The quantitative estimate of drug-likeness (QED) is 0.296. The van der Waals surface area contributed by atoms with Gasteiger partial charge in [-0.1, -0.05) is 0 Å². The third-order valence-electron chi connectivity index (χ3n) is 6.62. The average molecular weight is 610 g/mol. The van der Waals surface area contributed by atoms with E-state index in [1.54, 1.807) is 17.2 Å².